The molecule has 0 amide bonds. The Bertz CT molecular complexity index is 1020. The van der Waals surface area contributed by atoms with Gasteiger partial charge in [-0.25, -0.2) is 4.79 Å². The molecular weight excluding hydrogens is 520 g/mol. The van der Waals surface area contributed by atoms with Gasteiger partial charge in [-0.15, -0.1) is 0 Å². The molecule has 0 aromatic rings. The van der Waals surface area contributed by atoms with Crippen molar-refractivity contribution in [1.82, 2.24) is 0 Å². The highest BCUT2D eigenvalue weighted by molar-refractivity contribution is 5.85. The van der Waals surface area contributed by atoms with Gasteiger partial charge < -0.3 is 44.5 Å². The molecule has 2 aliphatic heterocycles. The number of aliphatic hydroxyl groups excluding tert-OH is 3. The zero-order valence-electron chi connectivity index (χ0n) is 23.8. The number of esters is 1. The second-order valence-corrected chi connectivity index (χ2v) is 13.4. The van der Waals surface area contributed by atoms with E-state index in [1.807, 2.05) is 0 Å². The predicted octanol–water partition coefficient (Wildman–Crippen LogP) is 1.39. The first kappa shape index (κ1) is 30.1. The fraction of sp³-hybridized carbons (Fsp3) is 0.867. The first-order chi connectivity index (χ1) is 18.8. The molecule has 0 radical (unpaired) electrons. The van der Waals surface area contributed by atoms with Gasteiger partial charge in [-0.05, 0) is 81.6 Å². The Morgan fingerprint density at radius 1 is 1.02 bits per heavy atom. The summed E-state index contributed by atoms with van der Waals surface area (Å²) in [6, 6.07) is 0. The van der Waals surface area contributed by atoms with E-state index in [4.69, 9.17) is 19.3 Å². The van der Waals surface area contributed by atoms with Gasteiger partial charge in [0.1, 0.15) is 19.0 Å². The number of aliphatic hydroxyl groups is 5. The molecule has 0 spiro atoms. The van der Waals surface area contributed by atoms with E-state index in [1.54, 1.807) is 13.0 Å². The van der Waals surface area contributed by atoms with E-state index in [0.717, 1.165) is 31.1 Å². The molecule has 226 valence electrons. The number of fused-ring (bicyclic) bond motifs is 5. The highest BCUT2D eigenvalue weighted by Crippen LogP contribution is 2.70. The van der Waals surface area contributed by atoms with Crippen molar-refractivity contribution in [2.45, 2.75) is 120 Å². The number of hydrogen-bond acceptors (Lipinski definition) is 10. The minimum absolute atomic E-state index is 0.0504. The third-order valence-corrected chi connectivity index (χ3v) is 11.8. The van der Waals surface area contributed by atoms with Gasteiger partial charge in [0, 0.05) is 31.4 Å². The van der Waals surface area contributed by atoms with E-state index in [1.165, 1.54) is 7.11 Å². The third-order valence-electron chi connectivity index (χ3n) is 11.8. The van der Waals surface area contributed by atoms with Gasteiger partial charge in [-0.3, -0.25) is 0 Å². The predicted molar refractivity (Wildman–Crippen MR) is 142 cm³/mol. The van der Waals surface area contributed by atoms with Gasteiger partial charge in [0.25, 0.3) is 0 Å². The molecular formula is C30H46O10. The lowest BCUT2D eigenvalue weighted by Gasteiger charge is -2.65. The molecule has 5 N–H and O–H groups in total. The first-order valence-corrected chi connectivity index (χ1v) is 14.8. The fourth-order valence-electron chi connectivity index (χ4n) is 9.60. The van der Waals surface area contributed by atoms with E-state index < -0.39 is 35.1 Å². The van der Waals surface area contributed by atoms with Gasteiger partial charge in [-0.1, -0.05) is 6.92 Å². The minimum Gasteiger partial charge on any atom is -0.458 e. The Labute approximate surface area is 235 Å². The number of cyclic esters (lactones) is 1. The average Bonchev–Trinajstić information content (AvgIpc) is 3.45. The van der Waals surface area contributed by atoms with Gasteiger partial charge in [0.05, 0.1) is 34.9 Å². The lowest BCUT2D eigenvalue weighted by Crippen LogP contribution is -2.68. The molecule has 6 aliphatic rings. The SMILES string of the molecule is CO[C@H]1C[C@H](O)O[C@H](C)[C@H]1O.C[C@]12CC[C@H]3[C@@H](CC[C@]4(O)C[C@@H](O)CC[C@]34C=O)[C@@]1(O)CC[C@@H]2C1=CC(=O)OC1. The van der Waals surface area contributed by atoms with Crippen molar-refractivity contribution in [3.63, 3.8) is 0 Å². The Kier molecular flexibility index (Phi) is 8.05. The highest BCUT2D eigenvalue weighted by Gasteiger charge is 2.71. The Hall–Kier alpha value is -1.40. The largest absolute Gasteiger partial charge is 0.458 e. The topological polar surface area (TPSA) is 163 Å². The number of carbonyl (C=O) groups is 2. The van der Waals surface area contributed by atoms with Crippen LogP contribution in [0.15, 0.2) is 11.6 Å². The molecule has 10 heteroatoms. The summed E-state index contributed by atoms with van der Waals surface area (Å²) in [5.74, 6) is -0.304. The second-order valence-electron chi connectivity index (χ2n) is 13.4. The van der Waals surface area contributed by atoms with Crippen LogP contribution in [0.2, 0.25) is 0 Å². The molecule has 12 atom stereocenters. The summed E-state index contributed by atoms with van der Waals surface area (Å²) in [5, 5.41) is 52.2. The third kappa shape index (κ3) is 4.49. The van der Waals surface area contributed by atoms with E-state index >= 15 is 0 Å². The monoisotopic (exact) mass is 566 g/mol. The van der Waals surface area contributed by atoms with Gasteiger partial charge in [0.2, 0.25) is 0 Å². The average molecular weight is 567 g/mol. The van der Waals surface area contributed by atoms with Crippen molar-refractivity contribution in [1.29, 1.82) is 0 Å². The second kappa shape index (κ2) is 10.7. The highest BCUT2D eigenvalue weighted by atomic mass is 16.6. The van der Waals surface area contributed by atoms with Crippen molar-refractivity contribution < 1.29 is 49.3 Å². The van der Waals surface area contributed by atoms with Crippen molar-refractivity contribution in [3.8, 4) is 0 Å². The smallest absolute Gasteiger partial charge is 0.331 e. The summed E-state index contributed by atoms with van der Waals surface area (Å²) in [6.07, 6.45) is 5.58. The molecule has 4 aliphatic carbocycles. The molecule has 40 heavy (non-hydrogen) atoms. The first-order valence-electron chi connectivity index (χ1n) is 14.8. The maximum atomic E-state index is 12.5. The zero-order chi connectivity index (χ0) is 29.1. The zero-order valence-corrected chi connectivity index (χ0v) is 23.8. The molecule has 10 nitrogen and oxygen atoms in total. The van der Waals surface area contributed by atoms with Crippen LogP contribution in [0.25, 0.3) is 0 Å². The van der Waals surface area contributed by atoms with Crippen LogP contribution < -0.4 is 0 Å². The number of hydrogen-bond donors (Lipinski definition) is 5. The number of aldehydes is 1. The summed E-state index contributed by atoms with van der Waals surface area (Å²) >= 11 is 0. The normalized spacial score (nSPS) is 51.8. The fourth-order valence-corrected chi connectivity index (χ4v) is 9.60. The number of rotatable bonds is 3. The number of carbonyl (C=O) groups excluding carboxylic acids is 2. The van der Waals surface area contributed by atoms with Crippen LogP contribution in [0.1, 0.15) is 78.1 Å². The molecule has 4 saturated carbocycles. The van der Waals surface area contributed by atoms with E-state index in [0.29, 0.717) is 45.1 Å². The Morgan fingerprint density at radius 3 is 2.40 bits per heavy atom. The van der Waals surface area contributed by atoms with Crippen LogP contribution in [-0.4, -0.2) is 93.4 Å². The molecule has 6 rings (SSSR count). The molecule has 0 unspecified atom stereocenters. The van der Waals surface area contributed by atoms with Crippen molar-refractivity contribution >= 4 is 12.3 Å². The summed E-state index contributed by atoms with van der Waals surface area (Å²) < 4.78 is 15.1. The lowest BCUT2D eigenvalue weighted by atomic mass is 9.41. The van der Waals surface area contributed by atoms with Crippen LogP contribution in [0.5, 0.6) is 0 Å². The number of ether oxygens (including phenoxy) is 3. The standard InChI is InChI=1S/C23H32O6.C7H14O4/c1-20-6-3-17-18(4-8-22(27)11-15(25)2-7-21(17,22)13-24)23(20,28)9-5-16(20)14-10-19(26)29-12-14;1-4-7(9)5(10-2)3-6(8)11-4/h10,13,15-18,25,27-28H,2-9,11-12H2,1H3;4-9H,3H2,1-2H3/t15-,16+,17-,18+,20+,21-,22-,23-;4-,5+,6-,7-/m01/s1. The van der Waals surface area contributed by atoms with Crippen molar-refractivity contribution in [2.75, 3.05) is 13.7 Å². The van der Waals surface area contributed by atoms with Crippen LogP contribution in [-0.2, 0) is 23.8 Å². The van der Waals surface area contributed by atoms with Gasteiger partial charge >= 0.3 is 5.97 Å². The van der Waals surface area contributed by atoms with Gasteiger partial charge in [-0.2, -0.15) is 0 Å². The van der Waals surface area contributed by atoms with Crippen LogP contribution >= 0.6 is 0 Å². The lowest BCUT2D eigenvalue weighted by molar-refractivity contribution is -0.248. The van der Waals surface area contributed by atoms with Crippen LogP contribution in [0, 0.1) is 28.6 Å². The quantitative estimate of drug-likeness (QED) is 0.249. The van der Waals surface area contributed by atoms with Crippen molar-refractivity contribution in [2.24, 2.45) is 28.6 Å². The number of methoxy groups -OCH3 is 1. The van der Waals surface area contributed by atoms with Crippen LogP contribution in [0.3, 0.4) is 0 Å². The van der Waals surface area contributed by atoms with E-state index in [-0.39, 0.29) is 47.8 Å². The van der Waals surface area contributed by atoms with Gasteiger partial charge in [0.15, 0.2) is 6.29 Å². The summed E-state index contributed by atoms with van der Waals surface area (Å²) in [5.41, 5.74) is -2.34. The Morgan fingerprint density at radius 2 is 1.75 bits per heavy atom. The molecule has 5 fully saturated rings. The minimum atomic E-state index is -1.18. The van der Waals surface area contributed by atoms with Crippen LogP contribution in [0.4, 0.5) is 0 Å². The van der Waals surface area contributed by atoms with E-state index in [2.05, 4.69) is 6.92 Å². The molecule has 0 bridgehead atoms. The summed E-state index contributed by atoms with van der Waals surface area (Å²) in [7, 11) is 1.51. The van der Waals surface area contributed by atoms with E-state index in [9.17, 15) is 30.0 Å². The maximum Gasteiger partial charge on any atom is 0.331 e. The maximum absolute atomic E-state index is 12.5. The van der Waals surface area contributed by atoms with Crippen molar-refractivity contribution in [3.05, 3.63) is 11.6 Å². The summed E-state index contributed by atoms with van der Waals surface area (Å²) in [4.78, 5) is 24.1. The molecule has 1 saturated heterocycles. The molecule has 2 heterocycles. The Balaban J connectivity index is 0.000000248. The molecule has 0 aromatic heterocycles. The summed E-state index contributed by atoms with van der Waals surface area (Å²) in [6.45, 7) is 4.17. The molecule has 0 aromatic carbocycles.